The van der Waals surface area contributed by atoms with E-state index in [1.165, 1.54) is 30.4 Å². The molecule has 118 valence electrons. The summed E-state index contributed by atoms with van der Waals surface area (Å²) in [7, 11) is 0. The van der Waals surface area contributed by atoms with Crippen molar-refractivity contribution in [2.45, 2.75) is 37.5 Å². The lowest BCUT2D eigenvalue weighted by Crippen LogP contribution is -2.40. The zero-order valence-corrected chi connectivity index (χ0v) is 12.9. The van der Waals surface area contributed by atoms with Crippen LogP contribution in [0, 0.1) is 11.3 Å². The van der Waals surface area contributed by atoms with Crippen molar-refractivity contribution in [1.82, 2.24) is 10.6 Å². The second-order valence-electron chi connectivity index (χ2n) is 7.44. The number of benzene rings is 1. The van der Waals surface area contributed by atoms with Crippen LogP contribution < -0.4 is 10.6 Å². The summed E-state index contributed by atoms with van der Waals surface area (Å²) in [6.07, 6.45) is 5.65. The van der Waals surface area contributed by atoms with E-state index in [2.05, 4.69) is 34.9 Å². The summed E-state index contributed by atoms with van der Waals surface area (Å²) in [5.74, 6) is 0.578. The van der Waals surface area contributed by atoms with E-state index < -0.39 is 0 Å². The molecule has 2 atom stereocenters. The number of aliphatic hydroxyl groups is 1. The maximum absolute atomic E-state index is 11.9. The standard InChI is InChI=1S/C18H24N2O2/c21-12-17(7-8-17)11-20-16(22)19-10-14-9-18(14)6-5-13-3-1-2-4-15(13)18/h1-4,14,21H,5-12H2,(H2,19,20,22)/t14-,18+/m0/s1. The van der Waals surface area contributed by atoms with Crippen LogP contribution in [0.3, 0.4) is 0 Å². The van der Waals surface area contributed by atoms with Crippen molar-refractivity contribution in [3.05, 3.63) is 35.4 Å². The molecular formula is C18H24N2O2. The van der Waals surface area contributed by atoms with Gasteiger partial charge in [0.1, 0.15) is 0 Å². The van der Waals surface area contributed by atoms with Gasteiger partial charge >= 0.3 is 6.03 Å². The molecule has 1 aromatic carbocycles. The quantitative estimate of drug-likeness (QED) is 0.778. The second-order valence-corrected chi connectivity index (χ2v) is 7.44. The first-order valence-corrected chi connectivity index (χ1v) is 8.38. The number of hydrogen-bond acceptors (Lipinski definition) is 2. The molecule has 0 heterocycles. The van der Waals surface area contributed by atoms with Crippen LogP contribution >= 0.6 is 0 Å². The molecule has 0 saturated heterocycles. The molecule has 0 bridgehead atoms. The molecule has 1 aromatic rings. The van der Waals surface area contributed by atoms with Crippen molar-refractivity contribution in [3.63, 3.8) is 0 Å². The molecule has 2 fully saturated rings. The summed E-state index contributed by atoms with van der Waals surface area (Å²) in [4.78, 5) is 11.9. The van der Waals surface area contributed by atoms with Gasteiger partial charge in [-0.2, -0.15) is 0 Å². The molecule has 0 aliphatic heterocycles. The number of fused-ring (bicyclic) bond motifs is 2. The highest BCUT2D eigenvalue weighted by Crippen LogP contribution is 2.61. The minimum atomic E-state index is -0.0898. The summed E-state index contributed by atoms with van der Waals surface area (Å²) in [5, 5.41) is 15.2. The number of nitrogens with one attached hydrogen (secondary N) is 2. The molecule has 2 saturated carbocycles. The predicted molar refractivity (Wildman–Crippen MR) is 84.7 cm³/mol. The van der Waals surface area contributed by atoms with Crippen molar-refractivity contribution in [2.24, 2.45) is 11.3 Å². The first-order valence-electron chi connectivity index (χ1n) is 8.38. The molecule has 4 rings (SSSR count). The second kappa shape index (κ2) is 4.98. The van der Waals surface area contributed by atoms with E-state index in [1.54, 1.807) is 0 Å². The lowest BCUT2D eigenvalue weighted by Gasteiger charge is -2.15. The maximum atomic E-state index is 11.9. The highest BCUT2D eigenvalue weighted by atomic mass is 16.3. The van der Waals surface area contributed by atoms with Gasteiger partial charge < -0.3 is 15.7 Å². The third-order valence-electron chi connectivity index (χ3n) is 6.05. The van der Waals surface area contributed by atoms with E-state index >= 15 is 0 Å². The number of amides is 2. The van der Waals surface area contributed by atoms with Crippen molar-refractivity contribution in [3.8, 4) is 0 Å². The van der Waals surface area contributed by atoms with Crippen LogP contribution in [-0.2, 0) is 11.8 Å². The average molecular weight is 300 g/mol. The Hall–Kier alpha value is -1.55. The smallest absolute Gasteiger partial charge is 0.314 e. The van der Waals surface area contributed by atoms with Crippen LogP contribution in [-0.4, -0.2) is 30.8 Å². The van der Waals surface area contributed by atoms with Gasteiger partial charge in [-0.05, 0) is 49.1 Å². The fraction of sp³-hybridized carbons (Fsp3) is 0.611. The van der Waals surface area contributed by atoms with Gasteiger partial charge in [0.05, 0.1) is 6.61 Å². The molecule has 3 aliphatic rings. The lowest BCUT2D eigenvalue weighted by atomic mass is 9.95. The molecule has 0 radical (unpaired) electrons. The van der Waals surface area contributed by atoms with Crippen LogP contribution in [0.2, 0.25) is 0 Å². The Kier molecular flexibility index (Phi) is 3.19. The summed E-state index contributed by atoms with van der Waals surface area (Å²) >= 11 is 0. The van der Waals surface area contributed by atoms with Crippen molar-refractivity contribution < 1.29 is 9.90 Å². The van der Waals surface area contributed by atoms with Gasteiger partial charge in [-0.1, -0.05) is 24.3 Å². The molecule has 2 amide bonds. The molecule has 3 aliphatic carbocycles. The Morgan fingerprint density at radius 3 is 2.82 bits per heavy atom. The normalized spacial score (nSPS) is 30.0. The van der Waals surface area contributed by atoms with Crippen molar-refractivity contribution in [2.75, 3.05) is 19.7 Å². The number of aryl methyl sites for hydroxylation is 1. The summed E-state index contributed by atoms with van der Waals surface area (Å²) in [6.45, 7) is 1.52. The zero-order valence-electron chi connectivity index (χ0n) is 12.9. The Morgan fingerprint density at radius 1 is 1.23 bits per heavy atom. The SMILES string of the molecule is O=C(NC[C@@H]1C[C@]12CCc1ccccc12)NCC1(CO)CC1. The molecular weight excluding hydrogens is 276 g/mol. The Labute approximate surface area is 131 Å². The number of carbonyl (C=O) groups excluding carboxylic acids is 1. The van der Waals surface area contributed by atoms with Gasteiger partial charge in [0.2, 0.25) is 0 Å². The number of aliphatic hydroxyl groups excluding tert-OH is 1. The summed E-state index contributed by atoms with van der Waals surface area (Å²) in [6, 6.07) is 8.67. The number of carbonyl (C=O) groups is 1. The third kappa shape index (κ3) is 2.30. The van der Waals surface area contributed by atoms with Gasteiger partial charge in [0.15, 0.2) is 0 Å². The van der Waals surface area contributed by atoms with Crippen LogP contribution in [0.4, 0.5) is 4.79 Å². The number of hydrogen-bond donors (Lipinski definition) is 3. The van der Waals surface area contributed by atoms with Crippen molar-refractivity contribution in [1.29, 1.82) is 0 Å². The Bertz CT molecular complexity index is 597. The van der Waals surface area contributed by atoms with Gasteiger partial charge in [-0.25, -0.2) is 4.79 Å². The minimum absolute atomic E-state index is 0.0253. The average Bonchev–Trinajstić information content (AvgIpc) is 3.43. The molecule has 4 nitrogen and oxygen atoms in total. The Morgan fingerprint density at radius 2 is 2.05 bits per heavy atom. The summed E-state index contributed by atoms with van der Waals surface area (Å²) in [5.41, 5.74) is 3.32. The molecule has 0 unspecified atom stereocenters. The maximum Gasteiger partial charge on any atom is 0.314 e. The first-order chi connectivity index (χ1) is 10.7. The molecule has 1 spiro atoms. The fourth-order valence-electron chi connectivity index (χ4n) is 4.11. The highest BCUT2D eigenvalue weighted by Gasteiger charge is 2.57. The first kappa shape index (κ1) is 14.1. The van der Waals surface area contributed by atoms with E-state index in [4.69, 9.17) is 0 Å². The molecule has 0 aromatic heterocycles. The number of urea groups is 1. The van der Waals surface area contributed by atoms with E-state index in [1.807, 2.05) is 0 Å². The van der Waals surface area contributed by atoms with Crippen LogP contribution in [0.5, 0.6) is 0 Å². The zero-order chi connectivity index (χ0) is 15.2. The van der Waals surface area contributed by atoms with Crippen LogP contribution in [0.15, 0.2) is 24.3 Å². The van der Waals surface area contributed by atoms with Gasteiger partial charge in [0, 0.05) is 23.9 Å². The van der Waals surface area contributed by atoms with Gasteiger partial charge in [-0.15, -0.1) is 0 Å². The van der Waals surface area contributed by atoms with E-state index in [0.717, 1.165) is 19.4 Å². The monoisotopic (exact) mass is 300 g/mol. The highest BCUT2D eigenvalue weighted by molar-refractivity contribution is 5.74. The van der Waals surface area contributed by atoms with Gasteiger partial charge in [-0.3, -0.25) is 0 Å². The predicted octanol–water partition coefficient (Wildman–Crippen LogP) is 1.96. The van der Waals surface area contributed by atoms with Crippen LogP contribution in [0.1, 0.15) is 36.8 Å². The molecule has 3 N–H and O–H groups in total. The van der Waals surface area contributed by atoms with Crippen LogP contribution in [0.25, 0.3) is 0 Å². The minimum Gasteiger partial charge on any atom is -0.396 e. The molecule has 4 heteroatoms. The third-order valence-corrected chi connectivity index (χ3v) is 6.05. The van der Waals surface area contributed by atoms with Gasteiger partial charge in [0.25, 0.3) is 0 Å². The molecule has 22 heavy (non-hydrogen) atoms. The van der Waals surface area contributed by atoms with E-state index in [0.29, 0.717) is 17.9 Å². The largest absolute Gasteiger partial charge is 0.396 e. The van der Waals surface area contributed by atoms with E-state index in [-0.39, 0.29) is 18.1 Å². The summed E-state index contributed by atoms with van der Waals surface area (Å²) < 4.78 is 0. The van der Waals surface area contributed by atoms with Crippen molar-refractivity contribution >= 4 is 6.03 Å². The topological polar surface area (TPSA) is 61.4 Å². The number of rotatable bonds is 5. The Balaban J connectivity index is 1.27. The van der Waals surface area contributed by atoms with E-state index in [9.17, 15) is 9.90 Å². The lowest BCUT2D eigenvalue weighted by molar-refractivity contribution is 0.203. The fourth-order valence-corrected chi connectivity index (χ4v) is 4.11.